The number of rotatable bonds is 9. The summed E-state index contributed by atoms with van der Waals surface area (Å²) >= 11 is 0. The Morgan fingerprint density at radius 1 is 0.860 bits per heavy atom. The van der Waals surface area contributed by atoms with E-state index in [1.165, 1.54) is 0 Å². The number of halogens is 3. The number of aryl methyl sites for hydroxylation is 4. The van der Waals surface area contributed by atoms with Crippen molar-refractivity contribution in [1.29, 1.82) is 0 Å². The van der Waals surface area contributed by atoms with Crippen LogP contribution in [0.2, 0.25) is 0 Å². The quantitative estimate of drug-likeness (QED) is 0.174. The van der Waals surface area contributed by atoms with Gasteiger partial charge in [0.25, 0.3) is 11.8 Å². The van der Waals surface area contributed by atoms with E-state index in [9.17, 15) is 22.8 Å². The number of amides is 2. The molecule has 1 aliphatic heterocycles. The predicted molar refractivity (Wildman–Crippen MR) is 185 cm³/mol. The van der Waals surface area contributed by atoms with Crippen molar-refractivity contribution in [3.8, 4) is 17.4 Å². The lowest BCUT2D eigenvalue weighted by Crippen LogP contribution is -2.48. The van der Waals surface area contributed by atoms with Crippen molar-refractivity contribution in [2.75, 3.05) is 38.1 Å². The molecule has 2 amide bonds. The SMILES string of the molecule is Cc1cc(C)c(C(=O)Nc2ccc(Oc3ccc4cc(C(=O)N5CCN(Cc6ccc(OCC(F)(F)F)cc6)CC5)n(C)c4c3)nc2)c(C)c1. The van der Waals surface area contributed by atoms with Crippen molar-refractivity contribution < 1.29 is 32.2 Å². The number of hydrogen-bond acceptors (Lipinski definition) is 6. The fourth-order valence-electron chi connectivity index (χ4n) is 6.33. The first-order chi connectivity index (χ1) is 23.8. The Morgan fingerprint density at radius 3 is 2.18 bits per heavy atom. The minimum Gasteiger partial charge on any atom is -0.484 e. The molecule has 3 heterocycles. The van der Waals surface area contributed by atoms with Crippen LogP contribution in [0.3, 0.4) is 0 Å². The Balaban J connectivity index is 1.04. The molecule has 3 aromatic carbocycles. The van der Waals surface area contributed by atoms with E-state index in [0.29, 0.717) is 61.3 Å². The molecule has 6 rings (SSSR count). The van der Waals surface area contributed by atoms with Gasteiger partial charge in [0.15, 0.2) is 6.61 Å². The third-order valence-electron chi connectivity index (χ3n) is 8.75. The first kappa shape index (κ1) is 34.5. The van der Waals surface area contributed by atoms with Crippen LogP contribution in [0, 0.1) is 20.8 Å². The van der Waals surface area contributed by atoms with Crippen LogP contribution in [0.15, 0.2) is 79.0 Å². The Hall–Kier alpha value is -5.36. The molecule has 0 atom stereocenters. The summed E-state index contributed by atoms with van der Waals surface area (Å²) in [7, 11) is 1.85. The number of benzene rings is 3. The van der Waals surface area contributed by atoms with Gasteiger partial charge >= 0.3 is 6.18 Å². The minimum atomic E-state index is -4.38. The summed E-state index contributed by atoms with van der Waals surface area (Å²) in [5, 5.41) is 3.81. The van der Waals surface area contributed by atoms with Crippen molar-refractivity contribution in [3.05, 3.63) is 113 Å². The highest BCUT2D eigenvalue weighted by Crippen LogP contribution is 2.28. The molecule has 260 valence electrons. The van der Waals surface area contributed by atoms with Crippen molar-refractivity contribution in [1.82, 2.24) is 19.4 Å². The number of nitrogens with one attached hydrogen (secondary N) is 1. The third kappa shape index (κ3) is 8.08. The predicted octanol–water partition coefficient (Wildman–Crippen LogP) is 7.44. The first-order valence-electron chi connectivity index (χ1n) is 16.3. The summed E-state index contributed by atoms with van der Waals surface area (Å²) in [5.74, 6) is 0.835. The van der Waals surface area contributed by atoms with Gasteiger partial charge in [-0.2, -0.15) is 13.2 Å². The second-order valence-electron chi connectivity index (χ2n) is 12.6. The minimum absolute atomic E-state index is 0.0627. The number of piperazine rings is 1. The number of ether oxygens (including phenoxy) is 2. The van der Waals surface area contributed by atoms with E-state index in [2.05, 4.69) is 15.2 Å². The summed E-state index contributed by atoms with van der Waals surface area (Å²) in [6, 6.07) is 21.5. The Kier molecular flexibility index (Phi) is 9.83. The van der Waals surface area contributed by atoms with Crippen LogP contribution < -0.4 is 14.8 Å². The summed E-state index contributed by atoms with van der Waals surface area (Å²) < 4.78 is 49.9. The smallest absolute Gasteiger partial charge is 0.422 e. The molecule has 1 N–H and O–H groups in total. The summed E-state index contributed by atoms with van der Waals surface area (Å²) in [4.78, 5) is 34.9. The fraction of sp³-hybridized carbons (Fsp3) is 0.289. The van der Waals surface area contributed by atoms with Gasteiger partial charge in [0, 0.05) is 62.9 Å². The van der Waals surface area contributed by atoms with E-state index in [1.807, 2.05) is 73.7 Å². The second kappa shape index (κ2) is 14.2. The summed E-state index contributed by atoms with van der Waals surface area (Å²) in [6.07, 6.45) is -2.83. The summed E-state index contributed by atoms with van der Waals surface area (Å²) in [6.45, 7) is 7.59. The van der Waals surface area contributed by atoms with Gasteiger partial charge in [-0.15, -0.1) is 0 Å². The maximum Gasteiger partial charge on any atom is 0.422 e. The van der Waals surface area contributed by atoms with Crippen LogP contribution in [0.1, 0.15) is 43.1 Å². The standard InChI is InChI=1S/C38H38F3N5O4/c1-24-17-25(2)35(26(3)18-24)36(47)43-29-8-12-34(42-21-29)50-31-11-7-28-19-33(44(4)32(28)20-31)37(48)46-15-13-45(14-16-46)22-27-5-9-30(10-6-27)49-23-38(39,40)41/h5-12,17-21H,13-16,22-23H2,1-4H3,(H,43,47). The molecular weight excluding hydrogens is 647 g/mol. The molecule has 9 nitrogen and oxygen atoms in total. The number of anilines is 1. The number of fused-ring (bicyclic) bond motifs is 1. The third-order valence-corrected chi connectivity index (χ3v) is 8.75. The number of carbonyl (C=O) groups is 2. The van der Waals surface area contributed by atoms with Crippen LogP contribution in [-0.2, 0) is 13.6 Å². The number of carbonyl (C=O) groups excluding carboxylic acids is 2. The zero-order valence-electron chi connectivity index (χ0n) is 28.3. The molecule has 1 aliphatic rings. The van der Waals surface area contributed by atoms with Crippen LogP contribution in [0.5, 0.6) is 17.4 Å². The lowest BCUT2D eigenvalue weighted by Gasteiger charge is -2.34. The number of aromatic nitrogens is 2. The number of hydrogen-bond donors (Lipinski definition) is 1. The highest BCUT2D eigenvalue weighted by Gasteiger charge is 2.28. The van der Waals surface area contributed by atoms with E-state index >= 15 is 0 Å². The molecule has 0 saturated carbocycles. The normalized spacial score (nSPS) is 13.8. The second-order valence-corrected chi connectivity index (χ2v) is 12.6. The van der Waals surface area contributed by atoms with Crippen molar-refractivity contribution in [3.63, 3.8) is 0 Å². The van der Waals surface area contributed by atoms with Crippen molar-refractivity contribution in [2.45, 2.75) is 33.5 Å². The molecule has 0 bridgehead atoms. The molecule has 0 unspecified atom stereocenters. The zero-order valence-corrected chi connectivity index (χ0v) is 28.3. The number of nitrogens with zero attached hydrogens (tertiary/aromatic N) is 4. The van der Waals surface area contributed by atoms with Crippen LogP contribution in [0.4, 0.5) is 18.9 Å². The van der Waals surface area contributed by atoms with Gasteiger partial charge < -0.3 is 24.3 Å². The summed E-state index contributed by atoms with van der Waals surface area (Å²) in [5.41, 5.74) is 6.49. The number of pyridine rings is 1. The topological polar surface area (TPSA) is 88.9 Å². The first-order valence-corrected chi connectivity index (χ1v) is 16.3. The highest BCUT2D eigenvalue weighted by atomic mass is 19.4. The molecule has 2 aromatic heterocycles. The van der Waals surface area contributed by atoms with Crippen molar-refractivity contribution >= 4 is 28.4 Å². The molecule has 50 heavy (non-hydrogen) atoms. The molecule has 0 aliphatic carbocycles. The van der Waals surface area contributed by atoms with E-state index in [1.54, 1.807) is 42.6 Å². The average molecular weight is 686 g/mol. The van der Waals surface area contributed by atoms with Crippen LogP contribution >= 0.6 is 0 Å². The fourth-order valence-corrected chi connectivity index (χ4v) is 6.33. The van der Waals surface area contributed by atoms with E-state index in [0.717, 1.165) is 33.2 Å². The molecule has 5 aromatic rings. The maximum atomic E-state index is 13.6. The Morgan fingerprint density at radius 2 is 1.54 bits per heavy atom. The van der Waals surface area contributed by atoms with E-state index in [-0.39, 0.29) is 17.6 Å². The van der Waals surface area contributed by atoms with Gasteiger partial charge in [-0.3, -0.25) is 14.5 Å². The molecule has 12 heteroatoms. The largest absolute Gasteiger partial charge is 0.484 e. The molecule has 0 spiro atoms. The van der Waals surface area contributed by atoms with Gasteiger partial charge in [0.1, 0.15) is 17.2 Å². The maximum absolute atomic E-state index is 13.6. The number of alkyl halides is 3. The van der Waals surface area contributed by atoms with Crippen LogP contribution in [-0.4, -0.2) is 70.1 Å². The van der Waals surface area contributed by atoms with Gasteiger partial charge in [0.05, 0.1) is 17.4 Å². The Bertz CT molecular complexity index is 1990. The van der Waals surface area contributed by atoms with E-state index in [4.69, 9.17) is 9.47 Å². The molecule has 0 radical (unpaired) electrons. The van der Waals surface area contributed by atoms with Gasteiger partial charge in [-0.05, 0) is 73.9 Å². The molecular formula is C38H38F3N5O4. The molecule has 1 fully saturated rings. The highest BCUT2D eigenvalue weighted by molar-refractivity contribution is 6.06. The average Bonchev–Trinajstić information content (AvgIpc) is 3.40. The van der Waals surface area contributed by atoms with Gasteiger partial charge in [-0.1, -0.05) is 29.8 Å². The monoisotopic (exact) mass is 685 g/mol. The van der Waals surface area contributed by atoms with Crippen molar-refractivity contribution in [2.24, 2.45) is 7.05 Å². The van der Waals surface area contributed by atoms with Gasteiger partial charge in [0.2, 0.25) is 5.88 Å². The van der Waals surface area contributed by atoms with Crippen LogP contribution in [0.25, 0.3) is 10.9 Å². The Labute approximate surface area is 288 Å². The van der Waals surface area contributed by atoms with Gasteiger partial charge in [-0.25, -0.2) is 4.98 Å². The lowest BCUT2D eigenvalue weighted by atomic mass is 9.99. The lowest BCUT2D eigenvalue weighted by molar-refractivity contribution is -0.153. The zero-order chi connectivity index (χ0) is 35.6. The van der Waals surface area contributed by atoms with E-state index < -0.39 is 12.8 Å². The molecule has 1 saturated heterocycles.